The average molecular weight is 405 g/mol. The highest BCUT2D eigenvalue weighted by Crippen LogP contribution is 2.40. The molecule has 0 amide bonds. The number of hydrogen-bond donors (Lipinski definition) is 1. The minimum absolute atomic E-state index is 0.0326. The first-order valence-electron chi connectivity index (χ1n) is 10.2. The van der Waals surface area contributed by atoms with Crippen LogP contribution in [0.4, 0.5) is 0 Å². The van der Waals surface area contributed by atoms with Crippen molar-refractivity contribution in [2.75, 3.05) is 7.05 Å². The minimum Gasteiger partial charge on any atom is -0.352 e. The van der Waals surface area contributed by atoms with Gasteiger partial charge in [-0.25, -0.2) is 0 Å². The van der Waals surface area contributed by atoms with Gasteiger partial charge in [-0.05, 0) is 74.3 Å². The zero-order valence-corrected chi connectivity index (χ0v) is 18.5. The molecule has 0 radical (unpaired) electrons. The molecule has 3 heterocycles. The van der Waals surface area contributed by atoms with E-state index in [0.29, 0.717) is 0 Å². The predicted octanol–water partition coefficient (Wildman–Crippen LogP) is 4.96. The summed E-state index contributed by atoms with van der Waals surface area (Å²) in [5, 5.41) is 4.25. The van der Waals surface area contributed by atoms with Gasteiger partial charge in [0.1, 0.15) is 0 Å². The van der Waals surface area contributed by atoms with E-state index in [-0.39, 0.29) is 12.1 Å². The molecule has 0 saturated carbocycles. The Morgan fingerprint density at radius 1 is 1.10 bits per heavy atom. The summed E-state index contributed by atoms with van der Waals surface area (Å²) in [7, 11) is 2.07. The van der Waals surface area contributed by atoms with Gasteiger partial charge in [-0.15, -0.1) is 0 Å². The fraction of sp³-hybridized carbons (Fsp3) is 0.333. The molecular formula is C24H28N4S. The van der Waals surface area contributed by atoms with E-state index >= 15 is 0 Å². The third kappa shape index (κ3) is 3.23. The van der Waals surface area contributed by atoms with Crippen LogP contribution in [0.25, 0.3) is 5.69 Å². The van der Waals surface area contributed by atoms with Crippen LogP contribution < -0.4 is 5.32 Å². The number of likely N-dealkylation sites (N-methyl/N-ethyl adjacent to an activating group) is 1. The molecule has 0 unspecified atom stereocenters. The number of benzene rings is 1. The van der Waals surface area contributed by atoms with E-state index in [0.717, 1.165) is 17.2 Å². The van der Waals surface area contributed by atoms with Crippen molar-refractivity contribution in [3.63, 3.8) is 0 Å². The normalized spacial score (nSPS) is 18.9. The maximum absolute atomic E-state index is 5.61. The Bertz CT molecular complexity index is 1050. The number of nitrogens with zero attached hydrogens (tertiary/aromatic N) is 3. The smallest absolute Gasteiger partial charge is 0.169 e. The van der Waals surface area contributed by atoms with Gasteiger partial charge in [-0.2, -0.15) is 0 Å². The lowest BCUT2D eigenvalue weighted by Gasteiger charge is -2.25. The van der Waals surface area contributed by atoms with Crippen LogP contribution in [0, 0.1) is 20.8 Å². The molecule has 1 aliphatic rings. The maximum Gasteiger partial charge on any atom is 0.169 e. The highest BCUT2D eigenvalue weighted by molar-refractivity contribution is 7.80. The first-order chi connectivity index (χ1) is 13.9. The van der Waals surface area contributed by atoms with E-state index in [9.17, 15) is 0 Å². The van der Waals surface area contributed by atoms with E-state index < -0.39 is 0 Å². The quantitative estimate of drug-likeness (QED) is 0.623. The second-order valence-electron chi connectivity index (χ2n) is 7.84. The zero-order chi connectivity index (χ0) is 20.7. The number of thiocarbonyl (C=S) groups is 1. The molecule has 0 bridgehead atoms. The van der Waals surface area contributed by atoms with Crippen LogP contribution in [0.1, 0.15) is 52.8 Å². The molecule has 1 N–H and O–H groups in total. The Hall–Kier alpha value is -2.66. The summed E-state index contributed by atoms with van der Waals surface area (Å²) in [6.07, 6.45) is 2.86. The summed E-state index contributed by atoms with van der Waals surface area (Å²) in [6.45, 7) is 8.83. The van der Waals surface area contributed by atoms with E-state index in [4.69, 9.17) is 12.2 Å². The van der Waals surface area contributed by atoms with E-state index in [1.54, 1.807) is 0 Å². The standard InChI is InChI=1S/C24H28N4S/c1-6-18-11-9-10-15(2)22(18)28-16(3)14-19(17(28)4)23-21(26-24(29)27(23)5)20-12-7-8-13-25-20/h7-14,21,23H,6H2,1-5H3,(H,26,29)/t21-,23+/m0/s1. The van der Waals surface area contributed by atoms with Crippen molar-refractivity contribution in [1.29, 1.82) is 0 Å². The van der Waals surface area contributed by atoms with Crippen molar-refractivity contribution in [2.45, 2.75) is 46.2 Å². The van der Waals surface area contributed by atoms with Gasteiger partial charge < -0.3 is 14.8 Å². The Morgan fingerprint density at radius 3 is 2.59 bits per heavy atom. The second-order valence-corrected chi connectivity index (χ2v) is 8.22. The monoisotopic (exact) mass is 404 g/mol. The van der Waals surface area contributed by atoms with Crippen molar-refractivity contribution >= 4 is 17.3 Å². The van der Waals surface area contributed by atoms with Crippen molar-refractivity contribution in [2.24, 2.45) is 0 Å². The molecule has 0 spiro atoms. The van der Waals surface area contributed by atoms with Gasteiger partial charge in [0.15, 0.2) is 5.11 Å². The molecule has 4 nitrogen and oxygen atoms in total. The number of pyridine rings is 1. The van der Waals surface area contributed by atoms with Gasteiger partial charge in [0, 0.05) is 24.6 Å². The summed E-state index contributed by atoms with van der Waals surface area (Å²) in [6, 6.07) is 15.1. The van der Waals surface area contributed by atoms with Gasteiger partial charge in [0.05, 0.1) is 23.5 Å². The molecular weight excluding hydrogens is 376 g/mol. The SMILES string of the molecule is CCc1cccc(C)c1-n1c(C)cc([C@@H]2[C@H](c3ccccn3)NC(=S)N2C)c1C. The molecule has 5 heteroatoms. The number of aromatic nitrogens is 2. The lowest BCUT2D eigenvalue weighted by molar-refractivity contribution is 0.367. The highest BCUT2D eigenvalue weighted by Gasteiger charge is 2.39. The molecule has 3 aromatic rings. The number of aryl methyl sites for hydroxylation is 3. The maximum atomic E-state index is 5.61. The van der Waals surface area contributed by atoms with Gasteiger partial charge >= 0.3 is 0 Å². The van der Waals surface area contributed by atoms with E-state index in [1.807, 2.05) is 18.3 Å². The highest BCUT2D eigenvalue weighted by atomic mass is 32.1. The van der Waals surface area contributed by atoms with Crippen molar-refractivity contribution in [1.82, 2.24) is 19.8 Å². The number of rotatable bonds is 4. The minimum atomic E-state index is 0.0326. The Kier molecular flexibility index (Phi) is 5.17. The predicted molar refractivity (Wildman–Crippen MR) is 123 cm³/mol. The number of para-hydroxylation sites is 1. The van der Waals surface area contributed by atoms with Crippen LogP contribution >= 0.6 is 12.2 Å². The Balaban J connectivity index is 1.87. The molecule has 150 valence electrons. The van der Waals surface area contributed by atoms with E-state index in [2.05, 4.69) is 84.8 Å². The first kappa shape index (κ1) is 19.6. The molecule has 0 aliphatic carbocycles. The number of hydrogen-bond acceptors (Lipinski definition) is 2. The zero-order valence-electron chi connectivity index (χ0n) is 17.7. The third-order valence-corrected chi connectivity index (χ3v) is 6.46. The second kappa shape index (κ2) is 7.64. The fourth-order valence-electron chi connectivity index (χ4n) is 4.60. The van der Waals surface area contributed by atoms with Crippen LogP contribution in [0.3, 0.4) is 0 Å². The topological polar surface area (TPSA) is 33.1 Å². The van der Waals surface area contributed by atoms with Crippen LogP contribution in [-0.4, -0.2) is 26.6 Å². The fourth-order valence-corrected chi connectivity index (χ4v) is 4.84. The summed E-state index contributed by atoms with van der Waals surface area (Å²) in [5.41, 5.74) is 8.78. The summed E-state index contributed by atoms with van der Waals surface area (Å²) < 4.78 is 2.41. The van der Waals surface area contributed by atoms with Gasteiger partial charge in [0.2, 0.25) is 0 Å². The first-order valence-corrected chi connectivity index (χ1v) is 10.6. The lowest BCUT2D eigenvalue weighted by atomic mass is 9.97. The van der Waals surface area contributed by atoms with Gasteiger partial charge in [-0.3, -0.25) is 4.98 Å². The van der Waals surface area contributed by atoms with Crippen LogP contribution in [-0.2, 0) is 6.42 Å². The summed E-state index contributed by atoms with van der Waals surface area (Å²) in [5.74, 6) is 0. The molecule has 2 aromatic heterocycles. The van der Waals surface area contributed by atoms with Crippen molar-refractivity contribution in [3.05, 3.63) is 82.4 Å². The van der Waals surface area contributed by atoms with Gasteiger partial charge in [-0.1, -0.05) is 31.2 Å². The van der Waals surface area contributed by atoms with E-state index in [1.165, 1.54) is 33.8 Å². The lowest BCUT2D eigenvalue weighted by Crippen LogP contribution is -2.25. The molecule has 1 saturated heterocycles. The van der Waals surface area contributed by atoms with Crippen molar-refractivity contribution in [3.8, 4) is 5.69 Å². The summed E-state index contributed by atoms with van der Waals surface area (Å²) >= 11 is 5.61. The third-order valence-electron chi connectivity index (χ3n) is 6.05. The van der Waals surface area contributed by atoms with Crippen LogP contribution in [0.15, 0.2) is 48.7 Å². The molecule has 4 rings (SSSR count). The summed E-state index contributed by atoms with van der Waals surface area (Å²) in [4.78, 5) is 6.77. The largest absolute Gasteiger partial charge is 0.352 e. The van der Waals surface area contributed by atoms with Crippen molar-refractivity contribution < 1.29 is 0 Å². The Morgan fingerprint density at radius 2 is 1.90 bits per heavy atom. The van der Waals surface area contributed by atoms with Crippen LogP contribution in [0.5, 0.6) is 0 Å². The Labute approximate surface area is 178 Å². The molecule has 1 fully saturated rings. The van der Waals surface area contributed by atoms with Crippen LogP contribution in [0.2, 0.25) is 0 Å². The molecule has 1 aromatic carbocycles. The average Bonchev–Trinajstić information content (AvgIpc) is 3.17. The molecule has 1 aliphatic heterocycles. The number of nitrogens with one attached hydrogen (secondary N) is 1. The molecule has 2 atom stereocenters. The molecule has 29 heavy (non-hydrogen) atoms. The van der Waals surface area contributed by atoms with Gasteiger partial charge in [0.25, 0.3) is 0 Å².